The van der Waals surface area contributed by atoms with Gasteiger partial charge in [0.1, 0.15) is 0 Å². The molecule has 2 N–H and O–H groups in total. The predicted octanol–water partition coefficient (Wildman–Crippen LogP) is 7.27. The summed E-state index contributed by atoms with van der Waals surface area (Å²) in [6.45, 7) is 18.4. The molecule has 0 saturated heterocycles. The largest absolute Gasteiger partial charge is 0.328 e. The molecule has 4 aliphatic carbocycles. The maximum Gasteiger partial charge on any atom is 0.0662 e. The zero-order valence-electron chi connectivity index (χ0n) is 20.6. The topological polar surface area (TPSA) is 49.8 Å². The molecular weight excluding hydrogens is 376 g/mol. The van der Waals surface area contributed by atoms with E-state index in [9.17, 15) is 5.26 Å². The van der Waals surface area contributed by atoms with Crippen LogP contribution in [0.2, 0.25) is 0 Å². The van der Waals surface area contributed by atoms with Crippen LogP contribution in [0.25, 0.3) is 0 Å². The normalized spacial score (nSPS) is 46.3. The molecule has 0 aliphatic heterocycles. The van der Waals surface area contributed by atoms with Crippen molar-refractivity contribution >= 4 is 0 Å². The van der Waals surface area contributed by atoms with Crippen molar-refractivity contribution in [3.63, 3.8) is 0 Å². The molecule has 0 aromatic heterocycles. The number of allylic oxidation sites excluding steroid dienone is 2. The lowest BCUT2D eigenvalue weighted by Gasteiger charge is -2.61. The van der Waals surface area contributed by atoms with Gasteiger partial charge in [0.2, 0.25) is 0 Å². The van der Waals surface area contributed by atoms with Gasteiger partial charge in [-0.1, -0.05) is 52.0 Å². The number of nitrogens with two attached hydrogens (primary N) is 1. The van der Waals surface area contributed by atoms with Gasteiger partial charge in [0.05, 0.1) is 12.0 Å². The van der Waals surface area contributed by atoms with E-state index < -0.39 is 0 Å². The first-order chi connectivity index (χ1) is 14.7. The Bertz CT molecular complexity index is 761. The molecule has 0 aromatic carbocycles. The van der Waals surface area contributed by atoms with Gasteiger partial charge in [0, 0.05) is 6.04 Å². The third-order valence-corrected chi connectivity index (χ3v) is 11.2. The number of fused-ring (bicyclic) bond motifs is 5. The predicted molar refractivity (Wildman–Crippen MR) is 130 cm³/mol. The smallest absolute Gasteiger partial charge is 0.0662 e. The molecule has 10 unspecified atom stereocenters. The van der Waals surface area contributed by atoms with Crippen LogP contribution in [0, 0.1) is 63.6 Å². The summed E-state index contributed by atoms with van der Waals surface area (Å²) in [4.78, 5) is 0. The molecular formula is C29H46N2. The Morgan fingerprint density at radius 1 is 1.16 bits per heavy atom. The van der Waals surface area contributed by atoms with Crippen molar-refractivity contribution in [1.82, 2.24) is 0 Å². The van der Waals surface area contributed by atoms with Crippen molar-refractivity contribution in [2.45, 2.75) is 97.9 Å². The fraction of sp³-hybridized carbons (Fsp3) is 0.828. The molecule has 0 bridgehead atoms. The van der Waals surface area contributed by atoms with Crippen LogP contribution < -0.4 is 5.73 Å². The first-order valence-corrected chi connectivity index (χ1v) is 13.2. The Kier molecular flexibility index (Phi) is 6.24. The van der Waals surface area contributed by atoms with Crippen molar-refractivity contribution in [1.29, 1.82) is 5.26 Å². The van der Waals surface area contributed by atoms with Crippen molar-refractivity contribution in [3.05, 3.63) is 24.3 Å². The summed E-state index contributed by atoms with van der Waals surface area (Å²) < 4.78 is 0. The van der Waals surface area contributed by atoms with Crippen LogP contribution in [0.5, 0.6) is 0 Å². The molecule has 0 aromatic rings. The molecule has 0 radical (unpaired) electrons. The summed E-state index contributed by atoms with van der Waals surface area (Å²) in [5.74, 6) is 4.20. The minimum atomic E-state index is 0.116. The second-order valence-electron chi connectivity index (χ2n) is 12.4. The van der Waals surface area contributed by atoms with E-state index in [4.69, 9.17) is 5.73 Å². The first-order valence-electron chi connectivity index (χ1n) is 13.2. The van der Waals surface area contributed by atoms with Gasteiger partial charge in [-0.3, -0.25) is 0 Å². The number of hydrogen-bond acceptors (Lipinski definition) is 2. The van der Waals surface area contributed by atoms with Gasteiger partial charge in [-0.25, -0.2) is 0 Å². The van der Waals surface area contributed by atoms with Crippen molar-refractivity contribution < 1.29 is 0 Å². The number of nitriles is 1. The van der Waals surface area contributed by atoms with Gasteiger partial charge in [-0.15, -0.1) is 0 Å². The molecule has 0 spiro atoms. The van der Waals surface area contributed by atoms with Crippen LogP contribution in [-0.2, 0) is 0 Å². The quantitative estimate of drug-likeness (QED) is 0.473. The average molecular weight is 423 g/mol. The van der Waals surface area contributed by atoms with Gasteiger partial charge in [-0.05, 0) is 111 Å². The highest BCUT2D eigenvalue weighted by atomic mass is 14.7. The van der Waals surface area contributed by atoms with Gasteiger partial charge in [-0.2, -0.15) is 5.26 Å². The van der Waals surface area contributed by atoms with Crippen LogP contribution in [0.1, 0.15) is 91.9 Å². The minimum absolute atomic E-state index is 0.116. The summed E-state index contributed by atoms with van der Waals surface area (Å²) in [6.07, 6.45) is 12.3. The lowest BCUT2D eigenvalue weighted by atomic mass is 9.43. The van der Waals surface area contributed by atoms with E-state index in [0.29, 0.717) is 34.6 Å². The Hall–Kier alpha value is -1.07. The molecule has 0 amide bonds. The second kappa shape index (κ2) is 8.37. The standard InChI is InChI=1S/C29H46N2/c1-7-18(2)20(4)21(17-30)15-22-8-10-26-24-14-19(3)25-11-9-23(31)16-29(25,6)27(24)12-13-28(22,26)5/h20-27H,2-3,7-16,31H2,1,4-6H3. The van der Waals surface area contributed by atoms with Crippen molar-refractivity contribution in [2.24, 2.45) is 58.0 Å². The molecule has 4 saturated carbocycles. The highest BCUT2D eigenvalue weighted by Crippen LogP contribution is 2.68. The monoisotopic (exact) mass is 422 g/mol. The van der Waals surface area contributed by atoms with E-state index in [1.165, 1.54) is 62.5 Å². The van der Waals surface area contributed by atoms with Crippen LogP contribution in [0.15, 0.2) is 24.3 Å². The first kappa shape index (κ1) is 23.1. The Labute approximate surface area is 191 Å². The minimum Gasteiger partial charge on any atom is -0.328 e. The van der Waals surface area contributed by atoms with Crippen molar-refractivity contribution in [2.75, 3.05) is 0 Å². The highest BCUT2D eigenvalue weighted by Gasteiger charge is 2.60. The van der Waals surface area contributed by atoms with E-state index >= 15 is 0 Å². The molecule has 31 heavy (non-hydrogen) atoms. The molecule has 0 heterocycles. The Balaban J connectivity index is 1.55. The fourth-order valence-corrected chi connectivity index (χ4v) is 9.21. The van der Waals surface area contributed by atoms with E-state index in [1.54, 1.807) is 0 Å². The maximum atomic E-state index is 9.98. The third kappa shape index (κ3) is 3.64. The summed E-state index contributed by atoms with van der Waals surface area (Å²) in [6, 6.07) is 3.06. The van der Waals surface area contributed by atoms with Crippen LogP contribution in [0.3, 0.4) is 0 Å². The van der Waals surface area contributed by atoms with Gasteiger partial charge < -0.3 is 5.73 Å². The maximum absolute atomic E-state index is 9.98. The zero-order chi connectivity index (χ0) is 22.6. The summed E-state index contributed by atoms with van der Waals surface area (Å²) in [5, 5.41) is 9.98. The zero-order valence-corrected chi connectivity index (χ0v) is 20.6. The molecule has 10 atom stereocenters. The summed E-state index contributed by atoms with van der Waals surface area (Å²) in [7, 11) is 0. The average Bonchev–Trinajstić information content (AvgIpc) is 3.06. The molecule has 2 nitrogen and oxygen atoms in total. The van der Waals surface area contributed by atoms with Gasteiger partial charge in [0.25, 0.3) is 0 Å². The number of nitrogens with zero attached hydrogens (tertiary/aromatic N) is 1. The highest BCUT2D eigenvalue weighted by molar-refractivity contribution is 5.21. The van der Waals surface area contributed by atoms with Crippen LogP contribution in [0.4, 0.5) is 0 Å². The molecule has 172 valence electrons. The third-order valence-electron chi connectivity index (χ3n) is 11.2. The second-order valence-corrected chi connectivity index (χ2v) is 12.4. The van der Waals surface area contributed by atoms with E-state index in [-0.39, 0.29) is 5.92 Å². The van der Waals surface area contributed by atoms with E-state index in [0.717, 1.165) is 30.6 Å². The number of rotatable bonds is 5. The summed E-state index contributed by atoms with van der Waals surface area (Å²) in [5.41, 5.74) is 10.0. The lowest BCUT2D eigenvalue weighted by molar-refractivity contribution is -0.0933. The van der Waals surface area contributed by atoms with Gasteiger partial charge in [0.15, 0.2) is 0 Å². The molecule has 4 fully saturated rings. The van der Waals surface area contributed by atoms with E-state index in [1.807, 2.05) is 0 Å². The Morgan fingerprint density at radius 2 is 1.87 bits per heavy atom. The molecule has 4 aliphatic rings. The molecule has 4 rings (SSSR count). The van der Waals surface area contributed by atoms with Crippen LogP contribution >= 0.6 is 0 Å². The summed E-state index contributed by atoms with van der Waals surface area (Å²) >= 11 is 0. The lowest BCUT2D eigenvalue weighted by Crippen LogP contribution is -2.55. The molecule has 2 heteroatoms. The SMILES string of the molecule is C=C(CC)C(C)C(C#N)CC1CCC2C3CC(=C)C4CCC(N)CC4(C)C3CCC12C. The fourth-order valence-electron chi connectivity index (χ4n) is 9.21. The van der Waals surface area contributed by atoms with Gasteiger partial charge >= 0.3 is 0 Å². The van der Waals surface area contributed by atoms with Crippen LogP contribution in [-0.4, -0.2) is 6.04 Å². The number of hydrogen-bond donors (Lipinski definition) is 1. The van der Waals surface area contributed by atoms with Crippen molar-refractivity contribution in [3.8, 4) is 6.07 Å². The Morgan fingerprint density at radius 3 is 2.55 bits per heavy atom. The van der Waals surface area contributed by atoms with E-state index in [2.05, 4.69) is 46.9 Å².